The van der Waals surface area contributed by atoms with Crippen LogP contribution in [0.25, 0.3) is 0 Å². The fourth-order valence-corrected chi connectivity index (χ4v) is 3.52. The van der Waals surface area contributed by atoms with Crippen LogP contribution in [-0.2, 0) is 11.4 Å². The average Bonchev–Trinajstić information content (AvgIpc) is 3.04. The first kappa shape index (κ1) is 15.2. The molecule has 4 nitrogen and oxygen atoms in total. The summed E-state index contributed by atoms with van der Waals surface area (Å²) < 4.78 is 10.8. The second-order valence-corrected chi connectivity index (χ2v) is 6.08. The van der Waals surface area contributed by atoms with E-state index in [1.807, 2.05) is 18.4 Å². The number of rotatable bonds is 5. The molecule has 1 aromatic rings. The highest BCUT2D eigenvalue weighted by Gasteiger charge is 2.31. The molecule has 0 radical (unpaired) electrons. The van der Waals surface area contributed by atoms with Gasteiger partial charge in [-0.15, -0.1) is 5.06 Å². The van der Waals surface area contributed by atoms with Crippen molar-refractivity contribution in [3.63, 3.8) is 0 Å². The molecule has 1 heterocycles. The zero-order chi connectivity index (χ0) is 15.4. The third-order valence-corrected chi connectivity index (χ3v) is 4.76. The Morgan fingerprint density at radius 1 is 1.14 bits per heavy atom. The van der Waals surface area contributed by atoms with Gasteiger partial charge in [-0.3, -0.25) is 0 Å². The molecule has 3 rings (SSSR count). The molecule has 0 bridgehead atoms. The number of ether oxygens (including phenoxy) is 2. The van der Waals surface area contributed by atoms with E-state index < -0.39 is 0 Å². The second-order valence-electron chi connectivity index (χ2n) is 6.08. The molecule has 4 heteroatoms. The van der Waals surface area contributed by atoms with Crippen LogP contribution >= 0.6 is 0 Å². The fourth-order valence-electron chi connectivity index (χ4n) is 3.52. The van der Waals surface area contributed by atoms with Crippen LogP contribution in [0, 0.1) is 5.92 Å². The van der Waals surface area contributed by atoms with Crippen LogP contribution in [0.5, 0.6) is 11.5 Å². The average molecular weight is 303 g/mol. The van der Waals surface area contributed by atoms with Gasteiger partial charge in [0.05, 0.1) is 26.8 Å². The quantitative estimate of drug-likeness (QED) is 0.825. The molecule has 22 heavy (non-hydrogen) atoms. The molecule has 1 saturated carbocycles. The van der Waals surface area contributed by atoms with Crippen molar-refractivity contribution in [3.8, 4) is 11.5 Å². The van der Waals surface area contributed by atoms with E-state index in [4.69, 9.17) is 14.3 Å². The summed E-state index contributed by atoms with van der Waals surface area (Å²) in [5.41, 5.74) is 1.12. The lowest BCUT2D eigenvalue weighted by Gasteiger charge is -2.32. The molecule has 0 spiro atoms. The summed E-state index contributed by atoms with van der Waals surface area (Å²) >= 11 is 0. The Morgan fingerprint density at radius 2 is 1.95 bits per heavy atom. The summed E-state index contributed by atoms with van der Waals surface area (Å²) in [6, 6.07) is 6.33. The third kappa shape index (κ3) is 3.22. The molecule has 1 atom stereocenters. The second kappa shape index (κ2) is 7.05. The zero-order valence-corrected chi connectivity index (χ0v) is 13.5. The molecule has 2 aliphatic rings. The van der Waals surface area contributed by atoms with Gasteiger partial charge in [-0.25, -0.2) is 0 Å². The van der Waals surface area contributed by atoms with Crippen LogP contribution in [0.3, 0.4) is 0 Å². The van der Waals surface area contributed by atoms with Crippen LogP contribution < -0.4 is 9.47 Å². The van der Waals surface area contributed by atoms with Crippen molar-refractivity contribution in [2.75, 3.05) is 14.2 Å². The summed E-state index contributed by atoms with van der Waals surface area (Å²) in [6.45, 7) is 0.724. The Labute approximate surface area is 132 Å². The Hall–Kier alpha value is -1.68. The van der Waals surface area contributed by atoms with Crippen LogP contribution in [0.15, 0.2) is 30.5 Å². The van der Waals surface area contributed by atoms with Crippen molar-refractivity contribution >= 4 is 0 Å². The minimum Gasteiger partial charge on any atom is -0.497 e. The number of methoxy groups -OCH3 is 2. The van der Waals surface area contributed by atoms with Crippen LogP contribution in [0.1, 0.15) is 37.7 Å². The molecular weight excluding hydrogens is 278 g/mol. The van der Waals surface area contributed by atoms with E-state index in [9.17, 15) is 0 Å². The molecule has 0 aromatic heterocycles. The molecule has 0 saturated heterocycles. The van der Waals surface area contributed by atoms with Gasteiger partial charge in [0.15, 0.2) is 0 Å². The van der Waals surface area contributed by atoms with Crippen LogP contribution in [0.2, 0.25) is 0 Å². The maximum Gasteiger partial charge on any atom is 0.127 e. The van der Waals surface area contributed by atoms with E-state index in [2.05, 4.69) is 17.2 Å². The van der Waals surface area contributed by atoms with Crippen LogP contribution in [-0.4, -0.2) is 25.3 Å². The first-order chi connectivity index (χ1) is 10.8. The van der Waals surface area contributed by atoms with Gasteiger partial charge < -0.3 is 14.3 Å². The van der Waals surface area contributed by atoms with Crippen molar-refractivity contribution in [1.29, 1.82) is 0 Å². The van der Waals surface area contributed by atoms with Crippen LogP contribution in [0.4, 0.5) is 0 Å². The number of nitrogens with zero attached hydrogens (tertiary/aromatic N) is 1. The van der Waals surface area contributed by atoms with Gasteiger partial charge in [0.2, 0.25) is 0 Å². The Morgan fingerprint density at radius 3 is 2.68 bits per heavy atom. The minimum absolute atomic E-state index is 0.382. The summed E-state index contributed by atoms with van der Waals surface area (Å²) in [7, 11) is 3.36. The minimum atomic E-state index is 0.382. The Balaban J connectivity index is 1.71. The highest BCUT2D eigenvalue weighted by molar-refractivity contribution is 5.40. The summed E-state index contributed by atoms with van der Waals surface area (Å²) in [5, 5.41) is 2.08. The molecule has 1 aromatic carbocycles. The molecule has 1 fully saturated rings. The zero-order valence-electron chi connectivity index (χ0n) is 13.5. The molecule has 1 aliphatic carbocycles. The van der Waals surface area contributed by atoms with Crippen molar-refractivity contribution in [3.05, 3.63) is 36.1 Å². The number of hydroxylamine groups is 2. The van der Waals surface area contributed by atoms with Crippen molar-refractivity contribution in [1.82, 2.24) is 5.06 Å². The van der Waals surface area contributed by atoms with E-state index in [-0.39, 0.29) is 0 Å². The van der Waals surface area contributed by atoms with Crippen molar-refractivity contribution < 1.29 is 14.3 Å². The predicted molar refractivity (Wildman–Crippen MR) is 85.7 cm³/mol. The van der Waals surface area contributed by atoms with E-state index in [0.29, 0.717) is 12.0 Å². The highest BCUT2D eigenvalue weighted by atomic mass is 16.7. The fraction of sp³-hybridized carbons (Fsp3) is 0.556. The van der Waals surface area contributed by atoms with E-state index in [1.165, 1.54) is 32.1 Å². The predicted octanol–water partition coefficient (Wildman–Crippen LogP) is 3.91. The van der Waals surface area contributed by atoms with Gasteiger partial charge in [-0.05, 0) is 30.9 Å². The lowest BCUT2D eigenvalue weighted by molar-refractivity contribution is -0.127. The maximum absolute atomic E-state index is 5.74. The molecule has 1 aliphatic heterocycles. The first-order valence-electron chi connectivity index (χ1n) is 8.13. The van der Waals surface area contributed by atoms with Gasteiger partial charge in [0.25, 0.3) is 0 Å². The number of hydrogen-bond donors (Lipinski definition) is 0. The van der Waals surface area contributed by atoms with Crippen molar-refractivity contribution in [2.24, 2.45) is 5.92 Å². The molecule has 1 unspecified atom stereocenters. The summed E-state index contributed by atoms with van der Waals surface area (Å²) in [4.78, 5) is 5.74. The molecule has 120 valence electrons. The third-order valence-electron chi connectivity index (χ3n) is 4.76. The lowest BCUT2D eigenvalue weighted by Crippen LogP contribution is -2.35. The topological polar surface area (TPSA) is 30.9 Å². The highest BCUT2D eigenvalue weighted by Crippen LogP contribution is 2.34. The maximum atomic E-state index is 5.74. The molecular formula is C18H25NO3. The summed E-state index contributed by atoms with van der Waals surface area (Å²) in [6.07, 6.45) is 10.7. The van der Waals surface area contributed by atoms with Gasteiger partial charge in [-0.2, -0.15) is 0 Å². The number of hydrogen-bond acceptors (Lipinski definition) is 4. The lowest BCUT2D eigenvalue weighted by atomic mass is 9.84. The van der Waals surface area contributed by atoms with Gasteiger partial charge in [-0.1, -0.05) is 25.3 Å². The van der Waals surface area contributed by atoms with E-state index >= 15 is 0 Å². The Kier molecular flexibility index (Phi) is 4.88. The molecule has 0 N–H and O–H groups in total. The van der Waals surface area contributed by atoms with E-state index in [1.54, 1.807) is 14.2 Å². The smallest absolute Gasteiger partial charge is 0.127 e. The largest absolute Gasteiger partial charge is 0.497 e. The standard InChI is InChI=1S/C18H25NO3/c1-20-16-9-8-15(18(12-16)21-2)13-19-17(10-11-22-19)14-6-4-3-5-7-14/h8-12,14,17H,3-7,13H2,1-2H3. The summed E-state index contributed by atoms with van der Waals surface area (Å²) in [5.74, 6) is 2.36. The SMILES string of the molecule is COc1ccc(CN2OC=CC2C2CCCCC2)c(OC)c1. The van der Waals surface area contributed by atoms with Gasteiger partial charge >= 0.3 is 0 Å². The number of benzene rings is 1. The monoisotopic (exact) mass is 303 g/mol. The molecule has 0 amide bonds. The Bertz CT molecular complexity index is 523. The van der Waals surface area contributed by atoms with Crippen molar-refractivity contribution in [2.45, 2.75) is 44.7 Å². The normalized spacial score (nSPS) is 22.5. The van der Waals surface area contributed by atoms with E-state index in [0.717, 1.165) is 23.6 Å². The first-order valence-corrected chi connectivity index (χ1v) is 8.13. The van der Waals surface area contributed by atoms with Gasteiger partial charge in [0, 0.05) is 11.6 Å². The van der Waals surface area contributed by atoms with Gasteiger partial charge in [0.1, 0.15) is 17.8 Å².